The molecule has 1 aliphatic rings. The second-order valence-electron chi connectivity index (χ2n) is 4.31. The van der Waals surface area contributed by atoms with Crippen LogP contribution in [0.15, 0.2) is 12.1 Å². The largest absolute Gasteiger partial charge is 0.396 e. The second-order valence-corrected chi connectivity index (χ2v) is 4.31. The number of rotatable bonds is 2. The van der Waals surface area contributed by atoms with Crippen LogP contribution in [-0.2, 0) is 0 Å². The van der Waals surface area contributed by atoms with E-state index < -0.39 is 11.6 Å². The van der Waals surface area contributed by atoms with Crippen molar-refractivity contribution in [3.05, 3.63) is 29.3 Å². The Labute approximate surface area is 93.5 Å². The van der Waals surface area contributed by atoms with Crippen molar-refractivity contribution in [1.29, 1.82) is 0 Å². The Bertz CT molecular complexity index is 395. The molecule has 1 fully saturated rings. The van der Waals surface area contributed by atoms with Crippen molar-refractivity contribution in [1.82, 2.24) is 0 Å². The molecular formula is C12H15F2NO. The summed E-state index contributed by atoms with van der Waals surface area (Å²) in [6.45, 7) is 2.82. The molecule has 16 heavy (non-hydrogen) atoms. The minimum Gasteiger partial charge on any atom is -0.396 e. The maximum atomic E-state index is 13.8. The molecule has 2 rings (SSSR count). The summed E-state index contributed by atoms with van der Waals surface area (Å²) in [5.74, 6) is -0.889. The fourth-order valence-electron chi connectivity index (χ4n) is 2.12. The number of aliphatic hydroxyl groups is 1. The summed E-state index contributed by atoms with van der Waals surface area (Å²) >= 11 is 0. The average Bonchev–Trinajstić information content (AvgIpc) is 2.73. The normalized spacial score (nSPS) is 20.5. The smallest absolute Gasteiger partial charge is 0.152 e. The molecule has 1 aromatic rings. The highest BCUT2D eigenvalue weighted by molar-refractivity contribution is 5.52. The first-order chi connectivity index (χ1) is 7.63. The van der Waals surface area contributed by atoms with Crippen LogP contribution in [0.5, 0.6) is 0 Å². The first-order valence-electron chi connectivity index (χ1n) is 5.44. The van der Waals surface area contributed by atoms with Crippen LogP contribution >= 0.6 is 0 Å². The van der Waals surface area contributed by atoms with Crippen molar-refractivity contribution >= 4 is 5.69 Å². The molecule has 0 aliphatic carbocycles. The number of nitrogens with zero attached hydrogens (tertiary/aromatic N) is 1. The third kappa shape index (κ3) is 1.89. The van der Waals surface area contributed by atoms with Gasteiger partial charge in [0, 0.05) is 25.6 Å². The predicted octanol–water partition coefficient (Wildman–Crippen LogP) is 2.09. The minimum absolute atomic E-state index is 0.0518. The van der Waals surface area contributed by atoms with E-state index in [9.17, 15) is 8.78 Å². The molecule has 1 saturated heterocycles. The molecule has 0 aromatic heterocycles. The summed E-state index contributed by atoms with van der Waals surface area (Å²) in [5, 5.41) is 9.01. The van der Waals surface area contributed by atoms with E-state index in [2.05, 4.69) is 0 Å². The zero-order valence-electron chi connectivity index (χ0n) is 9.21. The Kier molecular flexibility index (Phi) is 3.10. The van der Waals surface area contributed by atoms with Crippen LogP contribution in [0.3, 0.4) is 0 Å². The molecular weight excluding hydrogens is 212 g/mol. The van der Waals surface area contributed by atoms with Crippen molar-refractivity contribution in [2.45, 2.75) is 13.3 Å². The Morgan fingerprint density at radius 2 is 2.19 bits per heavy atom. The van der Waals surface area contributed by atoms with Crippen LogP contribution in [0, 0.1) is 24.5 Å². The summed E-state index contributed by atoms with van der Waals surface area (Å²) in [6.07, 6.45) is 0.781. The van der Waals surface area contributed by atoms with Gasteiger partial charge in [-0.3, -0.25) is 0 Å². The zero-order valence-corrected chi connectivity index (χ0v) is 9.21. The molecule has 0 radical (unpaired) electrons. The van der Waals surface area contributed by atoms with Crippen LogP contribution < -0.4 is 4.90 Å². The summed E-state index contributed by atoms with van der Waals surface area (Å²) < 4.78 is 27.4. The van der Waals surface area contributed by atoms with Crippen molar-refractivity contribution in [2.24, 2.45) is 5.92 Å². The van der Waals surface area contributed by atoms with E-state index in [1.54, 1.807) is 11.8 Å². The molecule has 1 aromatic carbocycles. The molecule has 0 saturated carbocycles. The van der Waals surface area contributed by atoms with E-state index >= 15 is 0 Å². The molecule has 4 heteroatoms. The Balaban J connectivity index is 2.30. The lowest BCUT2D eigenvalue weighted by molar-refractivity contribution is 0.238. The van der Waals surface area contributed by atoms with Gasteiger partial charge in [-0.1, -0.05) is 6.07 Å². The molecule has 1 unspecified atom stereocenters. The van der Waals surface area contributed by atoms with E-state index in [1.165, 1.54) is 12.1 Å². The van der Waals surface area contributed by atoms with Gasteiger partial charge in [-0.05, 0) is 25.0 Å². The highest BCUT2D eigenvalue weighted by Crippen LogP contribution is 2.30. The van der Waals surface area contributed by atoms with Gasteiger partial charge >= 0.3 is 0 Å². The van der Waals surface area contributed by atoms with Gasteiger partial charge in [0.2, 0.25) is 0 Å². The van der Waals surface area contributed by atoms with Gasteiger partial charge in [-0.25, -0.2) is 8.78 Å². The first-order valence-corrected chi connectivity index (χ1v) is 5.44. The third-order valence-electron chi connectivity index (χ3n) is 3.12. The third-order valence-corrected chi connectivity index (χ3v) is 3.12. The predicted molar refractivity (Wildman–Crippen MR) is 58.5 cm³/mol. The second kappa shape index (κ2) is 4.37. The van der Waals surface area contributed by atoms with Gasteiger partial charge in [0.05, 0.1) is 0 Å². The lowest BCUT2D eigenvalue weighted by Crippen LogP contribution is -2.23. The van der Waals surface area contributed by atoms with Gasteiger partial charge in [0.15, 0.2) is 5.82 Å². The molecule has 1 heterocycles. The Hall–Kier alpha value is -1.16. The fourth-order valence-corrected chi connectivity index (χ4v) is 2.12. The highest BCUT2D eigenvalue weighted by Gasteiger charge is 2.26. The zero-order chi connectivity index (χ0) is 11.7. The topological polar surface area (TPSA) is 23.5 Å². The lowest BCUT2D eigenvalue weighted by atomic mass is 10.1. The van der Waals surface area contributed by atoms with Crippen LogP contribution in [0.25, 0.3) is 0 Å². The molecule has 0 spiro atoms. The van der Waals surface area contributed by atoms with Crippen molar-refractivity contribution in [3.63, 3.8) is 0 Å². The number of halogens is 2. The molecule has 1 N–H and O–H groups in total. The molecule has 1 atom stereocenters. The quantitative estimate of drug-likeness (QED) is 0.836. The van der Waals surface area contributed by atoms with Gasteiger partial charge in [0.25, 0.3) is 0 Å². The molecule has 0 bridgehead atoms. The maximum Gasteiger partial charge on any atom is 0.152 e. The van der Waals surface area contributed by atoms with Crippen molar-refractivity contribution in [2.75, 3.05) is 24.6 Å². The fraction of sp³-hybridized carbons (Fsp3) is 0.500. The maximum absolute atomic E-state index is 13.8. The summed E-state index contributed by atoms with van der Waals surface area (Å²) in [4.78, 5) is 1.68. The lowest BCUT2D eigenvalue weighted by Gasteiger charge is -2.20. The summed E-state index contributed by atoms with van der Waals surface area (Å²) in [6, 6.07) is 2.73. The van der Waals surface area contributed by atoms with E-state index in [-0.39, 0.29) is 18.2 Å². The minimum atomic E-state index is -0.526. The van der Waals surface area contributed by atoms with E-state index in [4.69, 9.17) is 5.11 Å². The number of hydrogen-bond donors (Lipinski definition) is 1. The summed E-state index contributed by atoms with van der Waals surface area (Å²) in [7, 11) is 0. The van der Waals surface area contributed by atoms with Crippen molar-refractivity contribution < 1.29 is 13.9 Å². The number of anilines is 1. The Morgan fingerprint density at radius 3 is 2.81 bits per heavy atom. The van der Waals surface area contributed by atoms with Crippen molar-refractivity contribution in [3.8, 4) is 0 Å². The van der Waals surface area contributed by atoms with Crippen LogP contribution in [-0.4, -0.2) is 24.8 Å². The van der Waals surface area contributed by atoms with Gasteiger partial charge < -0.3 is 10.0 Å². The van der Waals surface area contributed by atoms with E-state index in [0.717, 1.165) is 6.42 Å². The van der Waals surface area contributed by atoms with E-state index in [0.29, 0.717) is 18.7 Å². The SMILES string of the molecule is Cc1ccc(F)c(N2CCC(CO)C2)c1F. The first kappa shape index (κ1) is 11.3. The number of hydrogen-bond acceptors (Lipinski definition) is 2. The molecule has 1 aliphatic heterocycles. The molecule has 0 amide bonds. The average molecular weight is 227 g/mol. The van der Waals surface area contributed by atoms with Gasteiger partial charge in [-0.15, -0.1) is 0 Å². The van der Waals surface area contributed by atoms with Crippen LogP contribution in [0.1, 0.15) is 12.0 Å². The monoisotopic (exact) mass is 227 g/mol. The number of aryl methyl sites for hydroxylation is 1. The number of benzene rings is 1. The molecule has 2 nitrogen and oxygen atoms in total. The molecule has 88 valence electrons. The standard InChI is InChI=1S/C12H15F2NO/c1-8-2-3-10(13)12(11(8)14)15-5-4-9(6-15)7-16/h2-3,9,16H,4-7H2,1H3. The summed E-state index contributed by atoms with van der Waals surface area (Å²) in [5.41, 5.74) is 0.500. The van der Waals surface area contributed by atoms with Gasteiger partial charge in [0.1, 0.15) is 11.5 Å². The van der Waals surface area contributed by atoms with Gasteiger partial charge in [-0.2, -0.15) is 0 Å². The Morgan fingerprint density at radius 1 is 1.44 bits per heavy atom. The number of aliphatic hydroxyl groups excluding tert-OH is 1. The van der Waals surface area contributed by atoms with E-state index in [1.807, 2.05) is 0 Å². The van der Waals surface area contributed by atoms with Crippen LogP contribution in [0.4, 0.5) is 14.5 Å². The van der Waals surface area contributed by atoms with Crippen LogP contribution in [0.2, 0.25) is 0 Å². The highest BCUT2D eigenvalue weighted by atomic mass is 19.1.